The Balaban J connectivity index is 1.66. The van der Waals surface area contributed by atoms with Gasteiger partial charge in [-0.05, 0) is 31.9 Å². The van der Waals surface area contributed by atoms with Gasteiger partial charge in [0.05, 0.1) is 12.7 Å². The number of carbonyl (C=O) groups is 1. The van der Waals surface area contributed by atoms with Gasteiger partial charge in [0.2, 0.25) is 5.91 Å². The van der Waals surface area contributed by atoms with Gasteiger partial charge in [-0.25, -0.2) is 4.39 Å². The molecule has 5 heteroatoms. The van der Waals surface area contributed by atoms with Crippen molar-refractivity contribution in [2.24, 2.45) is 5.92 Å². The lowest BCUT2D eigenvalue weighted by Gasteiger charge is -2.17. The molecule has 0 aliphatic carbocycles. The zero-order chi connectivity index (χ0) is 15.2. The lowest BCUT2D eigenvalue weighted by Crippen LogP contribution is -2.30. The van der Waals surface area contributed by atoms with E-state index in [0.717, 1.165) is 13.0 Å². The molecule has 1 fully saturated rings. The molecule has 1 aromatic carbocycles. The highest BCUT2D eigenvalue weighted by molar-refractivity contribution is 5.76. The quantitative estimate of drug-likeness (QED) is 0.819. The maximum atomic E-state index is 12.9. The topological polar surface area (TPSA) is 49.8 Å². The van der Waals surface area contributed by atoms with E-state index >= 15 is 0 Å². The summed E-state index contributed by atoms with van der Waals surface area (Å²) < 4.78 is 18.4. The summed E-state index contributed by atoms with van der Waals surface area (Å²) >= 11 is 0. The molecular weight excluding hydrogens is 273 g/mol. The number of rotatable bonds is 6. The third-order valence-corrected chi connectivity index (χ3v) is 3.86. The van der Waals surface area contributed by atoms with E-state index in [2.05, 4.69) is 0 Å². The zero-order valence-corrected chi connectivity index (χ0v) is 12.3. The molecule has 0 aromatic heterocycles. The first-order chi connectivity index (χ1) is 10.1. The van der Waals surface area contributed by atoms with Crippen LogP contribution in [-0.2, 0) is 4.79 Å². The number of hydrogen-bond donors (Lipinski definition) is 1. The number of aliphatic hydroxyl groups excluding tert-OH is 1. The SMILES string of the molecule is CC(O)C1CCN(C(=O)CCCOc2cccc(F)c2)C1. The molecule has 116 valence electrons. The third-order valence-electron chi connectivity index (χ3n) is 3.86. The highest BCUT2D eigenvalue weighted by Crippen LogP contribution is 2.20. The molecule has 0 spiro atoms. The molecule has 1 saturated heterocycles. The maximum absolute atomic E-state index is 12.9. The van der Waals surface area contributed by atoms with Crippen LogP contribution in [0.25, 0.3) is 0 Å². The number of halogens is 1. The van der Waals surface area contributed by atoms with Crippen molar-refractivity contribution in [2.45, 2.75) is 32.3 Å². The molecule has 0 saturated carbocycles. The van der Waals surface area contributed by atoms with Gasteiger partial charge in [0.1, 0.15) is 11.6 Å². The molecule has 1 aliphatic heterocycles. The average molecular weight is 295 g/mol. The summed E-state index contributed by atoms with van der Waals surface area (Å²) in [7, 11) is 0. The van der Waals surface area contributed by atoms with Crippen LogP contribution in [0.2, 0.25) is 0 Å². The number of likely N-dealkylation sites (tertiary alicyclic amines) is 1. The minimum Gasteiger partial charge on any atom is -0.493 e. The lowest BCUT2D eigenvalue weighted by molar-refractivity contribution is -0.130. The van der Waals surface area contributed by atoms with E-state index in [1.807, 2.05) is 0 Å². The highest BCUT2D eigenvalue weighted by Gasteiger charge is 2.28. The molecule has 0 radical (unpaired) electrons. The second kappa shape index (κ2) is 7.41. The van der Waals surface area contributed by atoms with Crippen molar-refractivity contribution in [1.29, 1.82) is 0 Å². The van der Waals surface area contributed by atoms with Gasteiger partial charge in [-0.15, -0.1) is 0 Å². The number of nitrogens with zero attached hydrogens (tertiary/aromatic N) is 1. The van der Waals surface area contributed by atoms with Gasteiger partial charge in [0.15, 0.2) is 0 Å². The minimum atomic E-state index is -0.362. The van der Waals surface area contributed by atoms with E-state index in [1.54, 1.807) is 24.0 Å². The van der Waals surface area contributed by atoms with E-state index in [-0.39, 0.29) is 23.7 Å². The molecule has 2 atom stereocenters. The van der Waals surface area contributed by atoms with E-state index in [1.165, 1.54) is 12.1 Å². The first kappa shape index (κ1) is 15.8. The predicted molar refractivity (Wildman–Crippen MR) is 77.5 cm³/mol. The van der Waals surface area contributed by atoms with Crippen molar-refractivity contribution in [3.05, 3.63) is 30.1 Å². The average Bonchev–Trinajstić information content (AvgIpc) is 2.93. The van der Waals surface area contributed by atoms with Gasteiger partial charge in [0, 0.05) is 31.5 Å². The Kier molecular flexibility index (Phi) is 5.56. The van der Waals surface area contributed by atoms with Crippen molar-refractivity contribution >= 4 is 5.91 Å². The third kappa shape index (κ3) is 4.70. The van der Waals surface area contributed by atoms with Crippen molar-refractivity contribution < 1.29 is 19.0 Å². The van der Waals surface area contributed by atoms with Crippen LogP contribution in [0.4, 0.5) is 4.39 Å². The molecule has 1 aromatic rings. The van der Waals surface area contributed by atoms with Crippen molar-refractivity contribution in [2.75, 3.05) is 19.7 Å². The normalized spacial score (nSPS) is 19.6. The molecule has 1 N–H and O–H groups in total. The van der Waals surface area contributed by atoms with Crippen LogP contribution in [0.5, 0.6) is 5.75 Å². The molecule has 4 nitrogen and oxygen atoms in total. The number of carbonyl (C=O) groups excluding carboxylic acids is 1. The van der Waals surface area contributed by atoms with Crippen LogP contribution in [-0.4, -0.2) is 41.7 Å². The minimum absolute atomic E-state index is 0.0981. The van der Waals surface area contributed by atoms with Gasteiger partial charge in [-0.1, -0.05) is 6.07 Å². The summed E-state index contributed by atoms with van der Waals surface area (Å²) in [6, 6.07) is 5.98. The number of aliphatic hydroxyl groups is 1. The van der Waals surface area contributed by atoms with Crippen LogP contribution >= 0.6 is 0 Å². The predicted octanol–water partition coefficient (Wildman–Crippen LogP) is 2.21. The summed E-state index contributed by atoms with van der Waals surface area (Å²) in [5.41, 5.74) is 0. The monoisotopic (exact) mass is 295 g/mol. The maximum Gasteiger partial charge on any atom is 0.222 e. The first-order valence-corrected chi connectivity index (χ1v) is 7.40. The fourth-order valence-electron chi connectivity index (χ4n) is 2.54. The largest absolute Gasteiger partial charge is 0.493 e. The molecule has 1 heterocycles. The van der Waals surface area contributed by atoms with E-state index in [0.29, 0.717) is 31.7 Å². The fourth-order valence-corrected chi connectivity index (χ4v) is 2.54. The summed E-state index contributed by atoms with van der Waals surface area (Å²) in [6.07, 6.45) is 1.52. The standard InChI is InChI=1S/C16H22FNO3/c1-12(19)13-7-8-18(11-13)16(20)6-3-9-21-15-5-2-4-14(17)10-15/h2,4-5,10,12-13,19H,3,6-9,11H2,1H3. The van der Waals surface area contributed by atoms with Gasteiger partial charge in [-0.3, -0.25) is 4.79 Å². The second-order valence-electron chi connectivity index (χ2n) is 5.54. The molecule has 2 rings (SSSR count). The van der Waals surface area contributed by atoms with E-state index < -0.39 is 0 Å². The first-order valence-electron chi connectivity index (χ1n) is 7.40. The Morgan fingerprint density at radius 1 is 1.57 bits per heavy atom. The van der Waals surface area contributed by atoms with Crippen LogP contribution in [0.1, 0.15) is 26.2 Å². The molecular formula is C16H22FNO3. The van der Waals surface area contributed by atoms with Crippen LogP contribution in [0.3, 0.4) is 0 Å². The van der Waals surface area contributed by atoms with E-state index in [9.17, 15) is 14.3 Å². The Morgan fingerprint density at radius 3 is 3.05 bits per heavy atom. The number of ether oxygens (including phenoxy) is 1. The Bertz CT molecular complexity index is 478. The Morgan fingerprint density at radius 2 is 2.38 bits per heavy atom. The number of amides is 1. The molecule has 1 amide bonds. The second-order valence-corrected chi connectivity index (χ2v) is 5.54. The van der Waals surface area contributed by atoms with Crippen LogP contribution in [0.15, 0.2) is 24.3 Å². The fraction of sp³-hybridized carbons (Fsp3) is 0.562. The van der Waals surface area contributed by atoms with Gasteiger partial charge in [0.25, 0.3) is 0 Å². The van der Waals surface area contributed by atoms with Gasteiger partial charge < -0.3 is 14.7 Å². The summed E-state index contributed by atoms with van der Waals surface area (Å²) in [5, 5.41) is 9.53. The zero-order valence-electron chi connectivity index (χ0n) is 12.3. The summed E-state index contributed by atoms with van der Waals surface area (Å²) in [5.74, 6) is 0.445. The van der Waals surface area contributed by atoms with Crippen LogP contribution < -0.4 is 4.74 Å². The molecule has 0 bridgehead atoms. The Labute approximate surface area is 124 Å². The number of benzene rings is 1. The smallest absolute Gasteiger partial charge is 0.222 e. The Hall–Kier alpha value is -1.62. The summed E-state index contributed by atoms with van der Waals surface area (Å²) in [4.78, 5) is 13.8. The van der Waals surface area contributed by atoms with Gasteiger partial charge >= 0.3 is 0 Å². The molecule has 1 aliphatic rings. The van der Waals surface area contributed by atoms with Crippen molar-refractivity contribution in [3.8, 4) is 5.75 Å². The molecule has 21 heavy (non-hydrogen) atoms. The van der Waals surface area contributed by atoms with Gasteiger partial charge in [-0.2, -0.15) is 0 Å². The van der Waals surface area contributed by atoms with Crippen molar-refractivity contribution in [3.63, 3.8) is 0 Å². The molecule has 2 unspecified atom stereocenters. The van der Waals surface area contributed by atoms with Crippen molar-refractivity contribution in [1.82, 2.24) is 4.90 Å². The van der Waals surface area contributed by atoms with Crippen LogP contribution in [0, 0.1) is 11.7 Å². The highest BCUT2D eigenvalue weighted by atomic mass is 19.1. The number of hydrogen-bond acceptors (Lipinski definition) is 3. The summed E-state index contributed by atoms with van der Waals surface area (Å²) in [6.45, 7) is 3.52. The lowest BCUT2D eigenvalue weighted by atomic mass is 10.0. The van der Waals surface area contributed by atoms with E-state index in [4.69, 9.17) is 4.74 Å².